The first kappa shape index (κ1) is 15.5. The van der Waals surface area contributed by atoms with E-state index in [2.05, 4.69) is 34.3 Å². The molecule has 1 aromatic carbocycles. The molecule has 0 radical (unpaired) electrons. The highest BCUT2D eigenvalue weighted by atomic mass is 16.3. The molecule has 0 atom stereocenters. The Kier molecular flexibility index (Phi) is 3.57. The fraction of sp³-hybridized carbons (Fsp3) is 0.0455. The third kappa shape index (κ3) is 2.79. The van der Waals surface area contributed by atoms with Crippen molar-refractivity contribution in [3.8, 4) is 33.5 Å². The number of pyridine rings is 2. The van der Waals surface area contributed by atoms with Crippen LogP contribution in [0, 0.1) is 0 Å². The van der Waals surface area contributed by atoms with Crippen LogP contribution < -0.4 is 0 Å². The Morgan fingerprint density at radius 1 is 0.889 bits per heavy atom. The fourth-order valence-corrected chi connectivity index (χ4v) is 3.24. The first-order chi connectivity index (χ1) is 13.3. The molecule has 27 heavy (non-hydrogen) atoms. The van der Waals surface area contributed by atoms with Crippen LogP contribution in [0.1, 0.15) is 0 Å². The highest BCUT2D eigenvalue weighted by molar-refractivity contribution is 5.92. The molecule has 0 aliphatic carbocycles. The van der Waals surface area contributed by atoms with Crippen molar-refractivity contribution in [2.75, 3.05) is 0 Å². The predicted molar refractivity (Wildman–Crippen MR) is 105 cm³/mol. The summed E-state index contributed by atoms with van der Waals surface area (Å²) < 4.78 is 7.53. The molecule has 0 aliphatic rings. The maximum absolute atomic E-state index is 5.75. The summed E-state index contributed by atoms with van der Waals surface area (Å²) in [5, 5.41) is 4.23. The van der Waals surface area contributed by atoms with Crippen LogP contribution in [0.3, 0.4) is 0 Å². The zero-order valence-corrected chi connectivity index (χ0v) is 14.7. The quantitative estimate of drug-likeness (QED) is 0.461. The van der Waals surface area contributed by atoms with Crippen LogP contribution in [0.15, 0.2) is 84.0 Å². The predicted octanol–water partition coefficient (Wildman–Crippen LogP) is 4.96. The molecule has 130 valence electrons. The largest absolute Gasteiger partial charge is 0.462 e. The van der Waals surface area contributed by atoms with Crippen molar-refractivity contribution < 1.29 is 4.42 Å². The van der Waals surface area contributed by atoms with E-state index in [0.717, 1.165) is 44.6 Å². The second-order valence-electron chi connectivity index (χ2n) is 6.41. The van der Waals surface area contributed by atoms with Gasteiger partial charge in [-0.15, -0.1) is 0 Å². The lowest BCUT2D eigenvalue weighted by atomic mass is 10.0. The molecule has 0 amide bonds. The van der Waals surface area contributed by atoms with Crippen LogP contribution in [0.4, 0.5) is 0 Å². The Hall–Kier alpha value is -3.73. The normalized spacial score (nSPS) is 11.1. The molecular formula is C22H16N4O. The van der Waals surface area contributed by atoms with Gasteiger partial charge in [0.1, 0.15) is 11.8 Å². The minimum absolute atomic E-state index is 0.770. The second-order valence-corrected chi connectivity index (χ2v) is 6.41. The number of hydrogen-bond acceptors (Lipinski definition) is 4. The molecular weight excluding hydrogens is 336 g/mol. The van der Waals surface area contributed by atoms with Crippen LogP contribution in [0.25, 0.3) is 44.6 Å². The lowest BCUT2D eigenvalue weighted by Crippen LogP contribution is -1.86. The standard InChI is InChI=1S/C22H16N4O/c1-26-13-18(12-24-26)20-5-6-21-22(25-20)19(14-27-21)17-4-2-3-16(11-17)15-7-9-23-10-8-15/h2-14H,1H3. The van der Waals surface area contributed by atoms with E-state index in [9.17, 15) is 0 Å². The van der Waals surface area contributed by atoms with Gasteiger partial charge in [0.05, 0.1) is 11.9 Å². The molecule has 0 unspecified atom stereocenters. The van der Waals surface area contributed by atoms with Crippen LogP contribution in [-0.2, 0) is 7.05 Å². The molecule has 5 heteroatoms. The van der Waals surface area contributed by atoms with Crippen LogP contribution in [0.5, 0.6) is 0 Å². The minimum Gasteiger partial charge on any atom is -0.462 e. The van der Waals surface area contributed by atoms with E-state index in [4.69, 9.17) is 9.40 Å². The molecule has 5 rings (SSSR count). The molecule has 0 fully saturated rings. The van der Waals surface area contributed by atoms with Gasteiger partial charge in [0.25, 0.3) is 0 Å². The van der Waals surface area contributed by atoms with E-state index in [-0.39, 0.29) is 0 Å². The van der Waals surface area contributed by atoms with Crippen molar-refractivity contribution in [1.82, 2.24) is 19.7 Å². The highest BCUT2D eigenvalue weighted by Gasteiger charge is 2.13. The van der Waals surface area contributed by atoms with Gasteiger partial charge in [-0.25, -0.2) is 4.98 Å². The van der Waals surface area contributed by atoms with Gasteiger partial charge in [-0.2, -0.15) is 5.10 Å². The molecule has 0 saturated carbocycles. The number of rotatable bonds is 3. The summed E-state index contributed by atoms with van der Waals surface area (Å²) in [6, 6.07) is 16.3. The van der Waals surface area contributed by atoms with Gasteiger partial charge in [-0.1, -0.05) is 18.2 Å². The Balaban J connectivity index is 1.63. The second kappa shape index (κ2) is 6.21. The molecule has 0 N–H and O–H groups in total. The van der Waals surface area contributed by atoms with Gasteiger partial charge >= 0.3 is 0 Å². The van der Waals surface area contributed by atoms with Crippen molar-refractivity contribution in [2.24, 2.45) is 7.05 Å². The van der Waals surface area contributed by atoms with Crippen molar-refractivity contribution in [3.63, 3.8) is 0 Å². The van der Waals surface area contributed by atoms with Crippen molar-refractivity contribution in [2.45, 2.75) is 0 Å². The lowest BCUT2D eigenvalue weighted by Gasteiger charge is -2.05. The summed E-state index contributed by atoms with van der Waals surface area (Å²) in [6.07, 6.45) is 9.15. The molecule has 4 aromatic heterocycles. The molecule has 5 nitrogen and oxygen atoms in total. The Morgan fingerprint density at radius 3 is 2.56 bits per heavy atom. The summed E-state index contributed by atoms with van der Waals surface area (Å²) >= 11 is 0. The number of furan rings is 1. The van der Waals surface area contributed by atoms with E-state index in [0.29, 0.717) is 0 Å². The molecule has 0 bridgehead atoms. The molecule has 0 spiro atoms. The zero-order valence-electron chi connectivity index (χ0n) is 14.7. The summed E-state index contributed by atoms with van der Waals surface area (Å²) in [6.45, 7) is 0. The van der Waals surface area contributed by atoms with E-state index >= 15 is 0 Å². The number of hydrogen-bond donors (Lipinski definition) is 0. The first-order valence-corrected chi connectivity index (χ1v) is 8.66. The Bertz CT molecular complexity index is 1240. The minimum atomic E-state index is 0.770. The topological polar surface area (TPSA) is 56.7 Å². The van der Waals surface area contributed by atoms with E-state index in [1.807, 2.05) is 43.7 Å². The Labute approximate surface area is 155 Å². The first-order valence-electron chi connectivity index (χ1n) is 8.66. The third-order valence-corrected chi connectivity index (χ3v) is 4.60. The lowest BCUT2D eigenvalue weighted by molar-refractivity contribution is 0.616. The van der Waals surface area contributed by atoms with Crippen molar-refractivity contribution in [1.29, 1.82) is 0 Å². The number of fused-ring (bicyclic) bond motifs is 1. The number of nitrogens with zero attached hydrogens (tertiary/aromatic N) is 4. The SMILES string of the molecule is Cn1cc(-c2ccc3occ(-c4cccc(-c5ccncc5)c4)c3n2)cn1. The van der Waals surface area contributed by atoms with Gasteiger partial charge in [0, 0.05) is 36.8 Å². The maximum atomic E-state index is 5.75. The smallest absolute Gasteiger partial charge is 0.153 e. The third-order valence-electron chi connectivity index (χ3n) is 4.60. The van der Waals surface area contributed by atoms with Gasteiger partial charge < -0.3 is 4.42 Å². The van der Waals surface area contributed by atoms with Crippen LogP contribution >= 0.6 is 0 Å². The summed E-state index contributed by atoms with van der Waals surface area (Å²) in [7, 11) is 1.90. The molecule has 4 heterocycles. The van der Waals surface area contributed by atoms with E-state index in [1.54, 1.807) is 23.3 Å². The van der Waals surface area contributed by atoms with Gasteiger partial charge in [-0.05, 0) is 47.0 Å². The summed E-state index contributed by atoms with van der Waals surface area (Å²) in [4.78, 5) is 8.93. The number of benzene rings is 1. The molecule has 0 saturated heterocycles. The van der Waals surface area contributed by atoms with Crippen molar-refractivity contribution >= 4 is 11.1 Å². The van der Waals surface area contributed by atoms with Gasteiger partial charge in [-0.3, -0.25) is 9.67 Å². The average Bonchev–Trinajstić information content (AvgIpc) is 3.34. The van der Waals surface area contributed by atoms with Crippen molar-refractivity contribution in [3.05, 3.63) is 79.6 Å². The fourth-order valence-electron chi connectivity index (χ4n) is 3.24. The zero-order chi connectivity index (χ0) is 18.2. The summed E-state index contributed by atoms with van der Waals surface area (Å²) in [5.74, 6) is 0. The summed E-state index contributed by atoms with van der Waals surface area (Å²) in [5.41, 5.74) is 7.79. The number of aromatic nitrogens is 4. The molecule has 5 aromatic rings. The number of aryl methyl sites for hydroxylation is 1. The van der Waals surface area contributed by atoms with Gasteiger partial charge in [0.2, 0.25) is 0 Å². The van der Waals surface area contributed by atoms with E-state index < -0.39 is 0 Å². The van der Waals surface area contributed by atoms with Crippen LogP contribution in [-0.4, -0.2) is 19.7 Å². The van der Waals surface area contributed by atoms with Crippen LogP contribution in [0.2, 0.25) is 0 Å². The Morgan fingerprint density at radius 2 is 1.74 bits per heavy atom. The average molecular weight is 352 g/mol. The van der Waals surface area contributed by atoms with Gasteiger partial charge in [0.15, 0.2) is 5.58 Å². The highest BCUT2D eigenvalue weighted by Crippen LogP contribution is 2.33. The monoisotopic (exact) mass is 352 g/mol. The maximum Gasteiger partial charge on any atom is 0.153 e. The molecule has 0 aliphatic heterocycles. The van der Waals surface area contributed by atoms with E-state index in [1.165, 1.54) is 0 Å².